The lowest BCUT2D eigenvalue weighted by molar-refractivity contribution is -0.254. The Bertz CT molecular complexity index is 851. The van der Waals surface area contributed by atoms with Gasteiger partial charge in [0.05, 0.1) is 17.2 Å². The number of pyridine rings is 1. The number of para-hydroxylation sites is 1. The van der Waals surface area contributed by atoms with Crippen LogP contribution in [0.2, 0.25) is 0 Å². The van der Waals surface area contributed by atoms with Crippen molar-refractivity contribution in [2.75, 3.05) is 0 Å². The molecule has 0 aliphatic rings. The molecule has 3 heteroatoms. The van der Waals surface area contributed by atoms with Crippen LogP contribution in [0.5, 0.6) is 0 Å². The van der Waals surface area contributed by atoms with E-state index in [-0.39, 0.29) is 5.56 Å². The SMILES string of the molecule is CCc1ccc(-c2nc3ccccc3c(C(=O)[O-])c2C)cc1. The van der Waals surface area contributed by atoms with Crippen molar-refractivity contribution >= 4 is 16.9 Å². The Kier molecular flexibility index (Phi) is 3.63. The predicted molar refractivity (Wildman–Crippen MR) is 85.6 cm³/mol. The molecule has 0 bridgehead atoms. The summed E-state index contributed by atoms with van der Waals surface area (Å²) in [7, 11) is 0. The molecule has 0 N–H and O–H groups in total. The summed E-state index contributed by atoms with van der Waals surface area (Å²) in [5.74, 6) is -1.16. The van der Waals surface area contributed by atoms with Crippen LogP contribution in [0.3, 0.4) is 0 Å². The second-order valence-corrected chi connectivity index (χ2v) is 5.32. The maximum atomic E-state index is 11.6. The molecule has 2 aromatic carbocycles. The molecule has 0 fully saturated rings. The zero-order valence-corrected chi connectivity index (χ0v) is 12.6. The average molecular weight is 290 g/mol. The number of carbonyl (C=O) groups excluding carboxylic acids is 1. The first-order valence-corrected chi connectivity index (χ1v) is 7.31. The van der Waals surface area contributed by atoms with Crippen molar-refractivity contribution in [1.29, 1.82) is 0 Å². The minimum atomic E-state index is -1.16. The molecule has 3 nitrogen and oxygen atoms in total. The molecule has 0 aliphatic carbocycles. The van der Waals surface area contributed by atoms with Crippen LogP contribution in [0, 0.1) is 6.92 Å². The summed E-state index contributed by atoms with van der Waals surface area (Å²) >= 11 is 0. The van der Waals surface area contributed by atoms with Gasteiger partial charge in [-0.1, -0.05) is 49.4 Å². The van der Waals surface area contributed by atoms with Gasteiger partial charge in [0.1, 0.15) is 0 Å². The zero-order chi connectivity index (χ0) is 15.7. The Morgan fingerprint density at radius 1 is 1.09 bits per heavy atom. The highest BCUT2D eigenvalue weighted by Crippen LogP contribution is 2.29. The number of fused-ring (bicyclic) bond motifs is 1. The van der Waals surface area contributed by atoms with Crippen molar-refractivity contribution in [2.24, 2.45) is 0 Å². The van der Waals surface area contributed by atoms with Crippen LogP contribution in [-0.4, -0.2) is 11.0 Å². The Morgan fingerprint density at radius 2 is 1.77 bits per heavy atom. The summed E-state index contributed by atoms with van der Waals surface area (Å²) in [6.07, 6.45) is 0.967. The monoisotopic (exact) mass is 290 g/mol. The van der Waals surface area contributed by atoms with Gasteiger partial charge in [-0.25, -0.2) is 4.98 Å². The normalized spacial score (nSPS) is 10.8. The Hall–Kier alpha value is -2.68. The molecule has 0 atom stereocenters. The number of carboxylic acids is 1. The number of hydrogen-bond donors (Lipinski definition) is 0. The quantitative estimate of drug-likeness (QED) is 0.744. The molecule has 0 unspecified atom stereocenters. The van der Waals surface area contributed by atoms with Crippen LogP contribution >= 0.6 is 0 Å². The topological polar surface area (TPSA) is 53.0 Å². The van der Waals surface area contributed by atoms with E-state index in [2.05, 4.69) is 11.9 Å². The van der Waals surface area contributed by atoms with Crippen molar-refractivity contribution in [2.45, 2.75) is 20.3 Å². The van der Waals surface area contributed by atoms with E-state index in [1.165, 1.54) is 5.56 Å². The highest BCUT2D eigenvalue weighted by Gasteiger charge is 2.13. The number of rotatable bonds is 3. The third-order valence-corrected chi connectivity index (χ3v) is 3.98. The zero-order valence-electron chi connectivity index (χ0n) is 12.6. The molecular formula is C19H16NO2-. The summed E-state index contributed by atoms with van der Waals surface area (Å²) < 4.78 is 0. The van der Waals surface area contributed by atoms with E-state index in [1.54, 1.807) is 13.0 Å². The van der Waals surface area contributed by atoms with Crippen LogP contribution in [-0.2, 0) is 6.42 Å². The number of aromatic nitrogens is 1. The molecule has 3 rings (SSSR count). The molecule has 0 radical (unpaired) electrons. The maximum Gasteiger partial charge on any atom is 0.0745 e. The van der Waals surface area contributed by atoms with Gasteiger partial charge in [0, 0.05) is 16.5 Å². The first kappa shape index (κ1) is 14.3. The van der Waals surface area contributed by atoms with Gasteiger partial charge in [-0.05, 0) is 30.5 Å². The van der Waals surface area contributed by atoms with Crippen LogP contribution in [0.25, 0.3) is 22.2 Å². The van der Waals surface area contributed by atoms with E-state index in [1.807, 2.05) is 42.5 Å². The molecule has 0 saturated heterocycles. The summed E-state index contributed by atoms with van der Waals surface area (Å²) in [5, 5.41) is 12.2. The molecule has 110 valence electrons. The third kappa shape index (κ3) is 2.35. The Morgan fingerprint density at radius 3 is 2.41 bits per heavy atom. The van der Waals surface area contributed by atoms with Crippen LogP contribution in [0.4, 0.5) is 0 Å². The van der Waals surface area contributed by atoms with E-state index in [4.69, 9.17) is 0 Å². The lowest BCUT2D eigenvalue weighted by Gasteiger charge is -2.15. The van der Waals surface area contributed by atoms with Gasteiger partial charge in [-0.15, -0.1) is 0 Å². The van der Waals surface area contributed by atoms with Gasteiger partial charge in [0.15, 0.2) is 0 Å². The fourth-order valence-corrected chi connectivity index (χ4v) is 2.75. The molecule has 0 spiro atoms. The standard InChI is InChI=1S/C19H17NO2/c1-3-13-8-10-14(11-9-13)18-12(2)17(19(21)22)15-6-4-5-7-16(15)20-18/h4-11H,3H2,1-2H3,(H,21,22)/p-1. The molecule has 1 heterocycles. The Balaban J connectivity index is 2.29. The number of carboxylic acid groups (broad SMARTS) is 1. The first-order valence-electron chi connectivity index (χ1n) is 7.31. The van der Waals surface area contributed by atoms with Gasteiger partial charge in [0.2, 0.25) is 0 Å². The summed E-state index contributed by atoms with van der Waals surface area (Å²) in [6.45, 7) is 3.89. The van der Waals surface area contributed by atoms with Gasteiger partial charge < -0.3 is 9.90 Å². The van der Waals surface area contributed by atoms with Gasteiger partial charge in [-0.3, -0.25) is 0 Å². The van der Waals surface area contributed by atoms with E-state index in [9.17, 15) is 9.90 Å². The van der Waals surface area contributed by atoms with Crippen molar-refractivity contribution in [3.05, 3.63) is 65.2 Å². The summed E-state index contributed by atoms with van der Waals surface area (Å²) in [5.41, 5.74) is 4.39. The molecule has 0 saturated carbocycles. The van der Waals surface area contributed by atoms with E-state index in [0.717, 1.165) is 12.0 Å². The van der Waals surface area contributed by atoms with Crippen LogP contribution in [0.15, 0.2) is 48.5 Å². The number of hydrogen-bond acceptors (Lipinski definition) is 3. The van der Waals surface area contributed by atoms with E-state index >= 15 is 0 Å². The number of aromatic carboxylic acids is 1. The predicted octanol–water partition coefficient (Wildman–Crippen LogP) is 3.14. The third-order valence-electron chi connectivity index (χ3n) is 3.98. The molecule has 0 amide bonds. The van der Waals surface area contributed by atoms with Gasteiger partial charge >= 0.3 is 0 Å². The van der Waals surface area contributed by atoms with Gasteiger partial charge in [-0.2, -0.15) is 0 Å². The summed E-state index contributed by atoms with van der Waals surface area (Å²) in [4.78, 5) is 16.2. The second-order valence-electron chi connectivity index (χ2n) is 5.32. The lowest BCUT2D eigenvalue weighted by atomic mass is 9.97. The smallest absolute Gasteiger partial charge is 0.0745 e. The van der Waals surface area contributed by atoms with Crippen LogP contribution < -0.4 is 5.11 Å². The average Bonchev–Trinajstić information content (AvgIpc) is 2.54. The van der Waals surface area contributed by atoms with Crippen LogP contribution in [0.1, 0.15) is 28.4 Å². The minimum absolute atomic E-state index is 0.222. The van der Waals surface area contributed by atoms with Gasteiger partial charge in [0.25, 0.3) is 0 Å². The highest BCUT2D eigenvalue weighted by atomic mass is 16.4. The van der Waals surface area contributed by atoms with E-state index in [0.29, 0.717) is 22.2 Å². The maximum absolute atomic E-state index is 11.6. The highest BCUT2D eigenvalue weighted by molar-refractivity contribution is 6.04. The molecule has 1 aromatic heterocycles. The minimum Gasteiger partial charge on any atom is -0.545 e. The van der Waals surface area contributed by atoms with Crippen molar-refractivity contribution in [1.82, 2.24) is 4.98 Å². The first-order chi connectivity index (χ1) is 10.6. The lowest BCUT2D eigenvalue weighted by Crippen LogP contribution is -2.24. The number of nitrogens with zero attached hydrogens (tertiary/aromatic N) is 1. The molecule has 0 aliphatic heterocycles. The summed E-state index contributed by atoms with van der Waals surface area (Å²) in [6, 6.07) is 15.3. The second kappa shape index (κ2) is 5.60. The molecular weight excluding hydrogens is 274 g/mol. The molecule has 22 heavy (non-hydrogen) atoms. The van der Waals surface area contributed by atoms with Crippen molar-refractivity contribution < 1.29 is 9.90 Å². The fraction of sp³-hybridized carbons (Fsp3) is 0.158. The number of carbonyl (C=O) groups is 1. The van der Waals surface area contributed by atoms with Crippen molar-refractivity contribution in [3.8, 4) is 11.3 Å². The molecule has 3 aromatic rings. The number of benzene rings is 2. The Labute approximate surface area is 129 Å². The van der Waals surface area contributed by atoms with Crippen molar-refractivity contribution in [3.63, 3.8) is 0 Å². The number of aryl methyl sites for hydroxylation is 1. The van der Waals surface area contributed by atoms with E-state index < -0.39 is 5.97 Å². The fourth-order valence-electron chi connectivity index (χ4n) is 2.75. The largest absolute Gasteiger partial charge is 0.545 e.